The van der Waals surface area contributed by atoms with Crippen molar-refractivity contribution in [3.63, 3.8) is 0 Å². The Hall–Kier alpha value is -3.80. The van der Waals surface area contributed by atoms with E-state index in [1.54, 1.807) is 0 Å². The quantitative estimate of drug-likeness (QED) is 0.192. The first kappa shape index (κ1) is 28.7. The van der Waals surface area contributed by atoms with E-state index in [1.807, 2.05) is 0 Å². The van der Waals surface area contributed by atoms with Crippen LogP contribution in [0.25, 0.3) is 21.5 Å². The molecule has 17 nitrogen and oxygen atoms in total. The van der Waals surface area contributed by atoms with E-state index in [-0.39, 0.29) is 10.8 Å². The van der Waals surface area contributed by atoms with Crippen LogP contribution in [-0.4, -0.2) is 64.0 Å². The van der Waals surface area contributed by atoms with Gasteiger partial charge in [0, 0.05) is 24.3 Å². The second-order valence-electron chi connectivity index (χ2n) is 8.25. The number of hydrogen-bond acceptors (Lipinski definition) is 16. The van der Waals surface area contributed by atoms with Crippen LogP contribution in [-0.2, 0) is 53.3 Å². The van der Waals surface area contributed by atoms with Gasteiger partial charge in [-0.15, -0.1) is 12.9 Å². The lowest BCUT2D eigenvalue weighted by Gasteiger charge is -2.20. The lowest BCUT2D eigenvalue weighted by Crippen LogP contribution is -2.33. The Morgan fingerprint density at radius 2 is 1.00 bits per heavy atom. The minimum Gasteiger partial charge on any atom is -0.507 e. The molecule has 0 atom stereocenters. The molecule has 218 valence electrons. The van der Waals surface area contributed by atoms with Crippen LogP contribution in [0.4, 0.5) is 0 Å². The van der Waals surface area contributed by atoms with E-state index in [0.29, 0.717) is 36.4 Å². The van der Waals surface area contributed by atoms with Crippen LogP contribution in [0, 0.1) is 0 Å². The molecule has 0 spiro atoms. The molecule has 0 unspecified atom stereocenters. The van der Waals surface area contributed by atoms with Crippen molar-refractivity contribution in [2.45, 2.75) is 19.6 Å². The molecule has 0 aliphatic carbocycles. The third-order valence-electron chi connectivity index (χ3n) is 5.55. The molecular formula is C20H13NO16S4. The van der Waals surface area contributed by atoms with Crippen molar-refractivity contribution in [3.05, 3.63) is 48.5 Å². The van der Waals surface area contributed by atoms with Crippen LogP contribution in [0.5, 0.6) is 23.0 Å². The van der Waals surface area contributed by atoms with Crippen LogP contribution in [0.3, 0.4) is 0 Å². The monoisotopic (exact) mass is 651 g/mol. The summed E-state index contributed by atoms with van der Waals surface area (Å²) in [5.74, 6) is -3.48. The molecule has 21 heteroatoms. The molecule has 5 rings (SSSR count). The van der Waals surface area contributed by atoms with Gasteiger partial charge in [-0.05, 0) is 35.0 Å². The van der Waals surface area contributed by atoms with Crippen LogP contribution in [0.15, 0.2) is 68.1 Å². The molecule has 0 saturated carbocycles. The van der Waals surface area contributed by atoms with E-state index in [9.17, 15) is 58.7 Å². The van der Waals surface area contributed by atoms with Crippen LogP contribution < -0.4 is 0 Å². The topological polar surface area (TPSA) is 269 Å². The molecule has 0 amide bonds. The van der Waals surface area contributed by atoms with Gasteiger partial charge < -0.3 is 20.4 Å². The first-order chi connectivity index (χ1) is 18.8. The second kappa shape index (κ2) is 9.10. The fourth-order valence-corrected chi connectivity index (χ4v) is 6.98. The zero-order valence-corrected chi connectivity index (χ0v) is 22.7. The number of aromatic hydroxyl groups is 4. The molecule has 1 aliphatic rings. The summed E-state index contributed by atoms with van der Waals surface area (Å²) in [5, 5.41) is 38.3. The smallest absolute Gasteiger partial charge is 0.317 e. The van der Waals surface area contributed by atoms with Gasteiger partial charge in [-0.3, -0.25) is 4.55 Å². The highest BCUT2D eigenvalue weighted by atomic mass is 32.2. The molecule has 1 aliphatic heterocycles. The van der Waals surface area contributed by atoms with Gasteiger partial charge in [-0.1, -0.05) is 0 Å². The number of fused-ring (bicyclic) bond motifs is 3. The van der Waals surface area contributed by atoms with Crippen LogP contribution in [0.1, 0.15) is 0 Å². The number of phenols is 4. The summed E-state index contributed by atoms with van der Waals surface area (Å²) in [6.45, 7) is 0. The summed E-state index contributed by atoms with van der Waals surface area (Å²) in [7, 11) is -20.8. The van der Waals surface area contributed by atoms with Crippen molar-refractivity contribution in [1.82, 2.24) is 5.39 Å². The Morgan fingerprint density at radius 3 is 1.46 bits per heavy atom. The SMILES string of the molecule is O=S(=O)(O)c1cc(O)c2c(O)cc(S(=O)(=O)ON3OS(=O)(=O)c4cc(O)c5c(O)cc(cc5c4)S(=O)(=O)O3)cc2c1. The van der Waals surface area contributed by atoms with Gasteiger partial charge in [-0.2, -0.15) is 33.7 Å². The lowest BCUT2D eigenvalue weighted by molar-refractivity contribution is -0.403. The highest BCUT2D eigenvalue weighted by Crippen LogP contribution is 2.40. The van der Waals surface area contributed by atoms with Crippen molar-refractivity contribution in [2.75, 3.05) is 0 Å². The predicted molar refractivity (Wildman–Crippen MR) is 131 cm³/mol. The van der Waals surface area contributed by atoms with Crippen molar-refractivity contribution >= 4 is 62.0 Å². The van der Waals surface area contributed by atoms with E-state index in [2.05, 4.69) is 12.9 Å². The zero-order valence-electron chi connectivity index (χ0n) is 19.4. The third-order valence-corrected chi connectivity index (χ3v) is 9.77. The average Bonchev–Trinajstić information content (AvgIpc) is 2.81. The van der Waals surface area contributed by atoms with E-state index < -0.39 is 99.2 Å². The Labute approximate surface area is 229 Å². The fraction of sp³-hybridized carbons (Fsp3) is 0. The van der Waals surface area contributed by atoms with Gasteiger partial charge in [0.05, 0.1) is 15.7 Å². The molecule has 0 saturated heterocycles. The lowest BCUT2D eigenvalue weighted by atomic mass is 10.1. The minimum atomic E-state index is -5.43. The highest BCUT2D eigenvalue weighted by Gasteiger charge is 2.36. The number of hydrogen-bond donors (Lipinski definition) is 5. The number of nitrogens with zero attached hydrogens (tertiary/aromatic N) is 1. The number of benzene rings is 4. The van der Waals surface area contributed by atoms with Gasteiger partial charge in [0.2, 0.25) is 0 Å². The normalized spacial score (nSPS) is 17.3. The Kier molecular flexibility index (Phi) is 6.38. The molecular weight excluding hydrogens is 638 g/mol. The average molecular weight is 652 g/mol. The fourth-order valence-electron chi connectivity index (χ4n) is 3.82. The van der Waals surface area contributed by atoms with Gasteiger partial charge in [0.25, 0.3) is 10.1 Å². The van der Waals surface area contributed by atoms with Gasteiger partial charge in [0.15, 0.2) is 0 Å². The molecule has 0 aromatic heterocycles. The largest absolute Gasteiger partial charge is 0.507 e. The maximum atomic E-state index is 13.0. The van der Waals surface area contributed by atoms with Crippen molar-refractivity contribution in [2.24, 2.45) is 0 Å². The maximum absolute atomic E-state index is 13.0. The number of rotatable bonds is 4. The summed E-state index contributed by atoms with van der Waals surface area (Å²) in [6, 6.07) is 5.08. The molecule has 4 aromatic carbocycles. The maximum Gasteiger partial charge on any atom is 0.317 e. The minimum absolute atomic E-state index is 0.282. The van der Waals surface area contributed by atoms with Gasteiger partial charge in [-0.25, -0.2) is 0 Å². The summed E-state index contributed by atoms with van der Waals surface area (Å²) < 4.78 is 123. The molecule has 5 N–H and O–H groups in total. The van der Waals surface area contributed by atoms with E-state index in [1.165, 1.54) is 0 Å². The van der Waals surface area contributed by atoms with Crippen LogP contribution >= 0.6 is 0 Å². The number of phenolic OH excluding ortho intramolecular Hbond substituents is 4. The molecule has 4 aromatic rings. The Bertz CT molecular complexity index is 2170. The van der Waals surface area contributed by atoms with E-state index in [4.69, 9.17) is 0 Å². The second-order valence-corrected chi connectivity index (χ2v) is 14.3. The van der Waals surface area contributed by atoms with E-state index in [0.717, 1.165) is 12.1 Å². The van der Waals surface area contributed by atoms with Crippen molar-refractivity contribution in [1.29, 1.82) is 0 Å². The summed E-state index contributed by atoms with van der Waals surface area (Å²) >= 11 is 0. The molecule has 3 bridgehead atoms. The molecule has 0 radical (unpaired) electrons. The van der Waals surface area contributed by atoms with Gasteiger partial charge in [0.1, 0.15) is 43.1 Å². The molecule has 41 heavy (non-hydrogen) atoms. The molecule has 0 fully saturated rings. The summed E-state index contributed by atoms with van der Waals surface area (Å²) in [6.07, 6.45) is 0. The Balaban J connectivity index is 1.63. The Morgan fingerprint density at radius 1 is 0.610 bits per heavy atom. The highest BCUT2D eigenvalue weighted by molar-refractivity contribution is 7.88. The summed E-state index contributed by atoms with van der Waals surface area (Å²) in [4.78, 5) is -3.69. The predicted octanol–water partition coefficient (Wildman–Crippen LogP) is 0.939. The standard InChI is InChI=1S/C20H13NO16S4/c22-15-5-11(38(26,27)28)1-9-2-12(6-16(23)19(9)15)39(29,30)35-21-36-40(31,32)13-3-10-4-14(41(33,34)37-21)8-18(25)20(10)17(24)7-13/h1-8,22-25H,(H,26,27,28). The van der Waals surface area contributed by atoms with Crippen molar-refractivity contribution in [3.8, 4) is 23.0 Å². The van der Waals surface area contributed by atoms with Crippen LogP contribution in [0.2, 0.25) is 0 Å². The third kappa shape index (κ3) is 5.09. The van der Waals surface area contributed by atoms with Crippen molar-refractivity contribution < 1.29 is 71.5 Å². The summed E-state index contributed by atoms with van der Waals surface area (Å²) in [5.41, 5.74) is 0. The zero-order chi connectivity index (χ0) is 30.3. The first-order valence-electron chi connectivity index (χ1n) is 10.4. The first-order valence-corrected chi connectivity index (χ1v) is 16.1. The molecule has 1 heterocycles. The van der Waals surface area contributed by atoms with Gasteiger partial charge >= 0.3 is 30.4 Å². The van der Waals surface area contributed by atoms with E-state index >= 15 is 0 Å².